The third-order valence-electron chi connectivity index (χ3n) is 3.27. The molecule has 0 aromatic heterocycles. The van der Waals surface area contributed by atoms with E-state index in [0.29, 0.717) is 16.7 Å². The predicted molar refractivity (Wildman–Crippen MR) is 81.7 cm³/mol. The van der Waals surface area contributed by atoms with Gasteiger partial charge < -0.3 is 4.74 Å². The third-order valence-corrected chi connectivity index (χ3v) is 3.27. The lowest BCUT2D eigenvalue weighted by atomic mass is 9.96. The summed E-state index contributed by atoms with van der Waals surface area (Å²) in [5.74, 6) is -0.617. The number of esters is 1. The zero-order chi connectivity index (χ0) is 15.2. The maximum absolute atomic E-state index is 12.6. The molecule has 0 N–H and O–H groups in total. The highest BCUT2D eigenvalue weighted by atomic mass is 16.5. The van der Waals surface area contributed by atoms with Crippen LogP contribution in [0, 0.1) is 0 Å². The largest absolute Gasteiger partial charge is 0.462 e. The average Bonchev–Trinajstić information content (AvgIpc) is 2.54. The second-order valence-corrected chi connectivity index (χ2v) is 4.65. The molecule has 3 nitrogen and oxygen atoms in total. The molecule has 3 heteroatoms. The molecule has 21 heavy (non-hydrogen) atoms. The minimum Gasteiger partial charge on any atom is -0.462 e. The number of aryl methyl sites for hydroxylation is 1. The molecule has 0 bridgehead atoms. The van der Waals surface area contributed by atoms with Crippen molar-refractivity contribution in [2.24, 2.45) is 0 Å². The summed E-state index contributed by atoms with van der Waals surface area (Å²) >= 11 is 0. The van der Waals surface area contributed by atoms with Crippen molar-refractivity contribution in [1.82, 2.24) is 0 Å². The van der Waals surface area contributed by atoms with Gasteiger partial charge in [-0.05, 0) is 31.0 Å². The topological polar surface area (TPSA) is 43.4 Å². The van der Waals surface area contributed by atoms with Gasteiger partial charge in [0.05, 0.1) is 12.2 Å². The van der Waals surface area contributed by atoms with Crippen LogP contribution in [0.25, 0.3) is 0 Å². The number of carbonyl (C=O) groups excluding carboxylic acids is 2. The molecule has 2 aromatic rings. The van der Waals surface area contributed by atoms with Gasteiger partial charge in [0.2, 0.25) is 0 Å². The molecule has 0 heterocycles. The maximum Gasteiger partial charge on any atom is 0.338 e. The molecular formula is C18H18O3. The van der Waals surface area contributed by atoms with E-state index >= 15 is 0 Å². The summed E-state index contributed by atoms with van der Waals surface area (Å²) in [6.07, 6.45) is 0.798. The average molecular weight is 282 g/mol. The first-order valence-corrected chi connectivity index (χ1v) is 7.07. The van der Waals surface area contributed by atoms with E-state index in [1.165, 1.54) is 0 Å². The Bertz CT molecular complexity index is 645. The molecule has 0 atom stereocenters. The zero-order valence-corrected chi connectivity index (χ0v) is 12.3. The van der Waals surface area contributed by atoms with Crippen LogP contribution in [0.1, 0.15) is 45.7 Å². The Morgan fingerprint density at radius 1 is 0.952 bits per heavy atom. The van der Waals surface area contributed by atoms with Gasteiger partial charge in [-0.1, -0.05) is 43.3 Å². The first-order valence-electron chi connectivity index (χ1n) is 7.07. The first kappa shape index (κ1) is 15.0. The van der Waals surface area contributed by atoms with Crippen molar-refractivity contribution < 1.29 is 14.3 Å². The Balaban J connectivity index is 2.47. The van der Waals surface area contributed by atoms with Gasteiger partial charge in [-0.3, -0.25) is 4.79 Å². The second-order valence-electron chi connectivity index (χ2n) is 4.65. The van der Waals surface area contributed by atoms with Crippen LogP contribution < -0.4 is 0 Å². The van der Waals surface area contributed by atoms with Crippen molar-refractivity contribution in [3.05, 3.63) is 70.8 Å². The van der Waals surface area contributed by atoms with Crippen molar-refractivity contribution >= 4 is 11.8 Å². The first-order chi connectivity index (χ1) is 10.2. The van der Waals surface area contributed by atoms with Crippen LogP contribution in [0.4, 0.5) is 0 Å². The number of ether oxygens (including phenoxy) is 1. The standard InChI is InChI=1S/C18H18O3/c1-3-13-10-11-15(16(12-13)18(20)21-4-2)17(19)14-8-6-5-7-9-14/h5-12H,3-4H2,1-2H3. The van der Waals surface area contributed by atoms with Crippen LogP contribution in [-0.2, 0) is 11.2 Å². The molecule has 0 saturated heterocycles. The van der Waals surface area contributed by atoms with Crippen molar-refractivity contribution in [1.29, 1.82) is 0 Å². The minimum atomic E-state index is -0.452. The fourth-order valence-corrected chi connectivity index (χ4v) is 2.13. The van der Waals surface area contributed by atoms with Crippen LogP contribution in [0.3, 0.4) is 0 Å². The van der Waals surface area contributed by atoms with Crippen LogP contribution >= 0.6 is 0 Å². The van der Waals surface area contributed by atoms with Gasteiger partial charge in [-0.25, -0.2) is 4.79 Å². The van der Waals surface area contributed by atoms with E-state index in [-0.39, 0.29) is 12.4 Å². The number of hydrogen-bond donors (Lipinski definition) is 0. The van der Waals surface area contributed by atoms with Crippen LogP contribution in [0.2, 0.25) is 0 Å². The Labute approximate surface area is 124 Å². The maximum atomic E-state index is 12.6. The summed E-state index contributed by atoms with van der Waals surface area (Å²) in [5.41, 5.74) is 2.29. The molecule has 2 aromatic carbocycles. The molecule has 0 radical (unpaired) electrons. The van der Waals surface area contributed by atoms with Gasteiger partial charge >= 0.3 is 5.97 Å². The van der Waals surface area contributed by atoms with Crippen molar-refractivity contribution in [3.8, 4) is 0 Å². The lowest BCUT2D eigenvalue weighted by Crippen LogP contribution is -2.13. The van der Waals surface area contributed by atoms with Gasteiger partial charge in [0, 0.05) is 11.1 Å². The zero-order valence-electron chi connectivity index (χ0n) is 12.3. The van der Waals surface area contributed by atoms with Gasteiger partial charge in [-0.15, -0.1) is 0 Å². The van der Waals surface area contributed by atoms with E-state index < -0.39 is 5.97 Å². The molecule has 0 unspecified atom stereocenters. The molecule has 0 fully saturated rings. The van der Waals surface area contributed by atoms with Crippen molar-refractivity contribution in [3.63, 3.8) is 0 Å². The molecule has 0 aliphatic carbocycles. The number of carbonyl (C=O) groups is 2. The highest BCUT2D eigenvalue weighted by Crippen LogP contribution is 2.18. The van der Waals surface area contributed by atoms with E-state index in [2.05, 4.69) is 0 Å². The molecule has 108 valence electrons. The fraction of sp³-hybridized carbons (Fsp3) is 0.222. The quantitative estimate of drug-likeness (QED) is 0.621. The van der Waals surface area contributed by atoms with E-state index in [0.717, 1.165) is 12.0 Å². The lowest BCUT2D eigenvalue weighted by molar-refractivity contribution is 0.0523. The van der Waals surface area contributed by atoms with Crippen molar-refractivity contribution in [2.45, 2.75) is 20.3 Å². The van der Waals surface area contributed by atoms with Crippen LogP contribution in [-0.4, -0.2) is 18.4 Å². The van der Waals surface area contributed by atoms with Gasteiger partial charge in [0.15, 0.2) is 5.78 Å². The second kappa shape index (κ2) is 6.84. The number of hydrogen-bond acceptors (Lipinski definition) is 3. The third kappa shape index (κ3) is 3.37. The smallest absolute Gasteiger partial charge is 0.338 e. The summed E-state index contributed by atoms with van der Waals surface area (Å²) < 4.78 is 5.06. The summed E-state index contributed by atoms with van der Waals surface area (Å²) in [7, 11) is 0. The SMILES string of the molecule is CCOC(=O)c1cc(CC)ccc1C(=O)c1ccccc1. The molecule has 0 saturated carbocycles. The summed E-state index contributed by atoms with van der Waals surface area (Å²) in [5, 5.41) is 0. The Hall–Kier alpha value is -2.42. The van der Waals surface area contributed by atoms with Crippen LogP contribution in [0.5, 0.6) is 0 Å². The normalized spacial score (nSPS) is 10.2. The van der Waals surface area contributed by atoms with E-state index in [1.807, 2.05) is 19.1 Å². The molecule has 0 aliphatic heterocycles. The molecule has 0 aliphatic rings. The Morgan fingerprint density at radius 3 is 2.29 bits per heavy atom. The van der Waals surface area contributed by atoms with E-state index in [4.69, 9.17) is 4.74 Å². The molecular weight excluding hydrogens is 264 g/mol. The minimum absolute atomic E-state index is 0.165. The lowest BCUT2D eigenvalue weighted by Gasteiger charge is -2.10. The highest BCUT2D eigenvalue weighted by Gasteiger charge is 2.19. The number of rotatable bonds is 5. The summed E-state index contributed by atoms with van der Waals surface area (Å²) in [6.45, 7) is 4.04. The molecule has 0 amide bonds. The van der Waals surface area contributed by atoms with Gasteiger partial charge in [0.1, 0.15) is 0 Å². The Kier molecular flexibility index (Phi) is 4.88. The monoisotopic (exact) mass is 282 g/mol. The van der Waals surface area contributed by atoms with Gasteiger partial charge in [-0.2, -0.15) is 0 Å². The summed E-state index contributed by atoms with van der Waals surface area (Å²) in [4.78, 5) is 24.7. The fourth-order valence-electron chi connectivity index (χ4n) is 2.13. The van der Waals surface area contributed by atoms with E-state index in [9.17, 15) is 9.59 Å². The number of ketones is 1. The summed E-state index contributed by atoms with van der Waals surface area (Å²) in [6, 6.07) is 14.3. The Morgan fingerprint density at radius 2 is 1.67 bits per heavy atom. The predicted octanol–water partition coefficient (Wildman–Crippen LogP) is 3.66. The molecule has 2 rings (SSSR count). The number of benzene rings is 2. The highest BCUT2D eigenvalue weighted by molar-refractivity contribution is 6.14. The van der Waals surface area contributed by atoms with Crippen molar-refractivity contribution in [2.75, 3.05) is 6.61 Å². The van der Waals surface area contributed by atoms with Gasteiger partial charge in [0.25, 0.3) is 0 Å². The van der Waals surface area contributed by atoms with Crippen LogP contribution in [0.15, 0.2) is 48.5 Å². The molecule has 0 spiro atoms. The van der Waals surface area contributed by atoms with E-state index in [1.54, 1.807) is 43.3 Å².